The van der Waals surface area contributed by atoms with Crippen LogP contribution in [0.2, 0.25) is 5.02 Å². The van der Waals surface area contributed by atoms with Gasteiger partial charge in [-0.15, -0.1) is 13.2 Å². The maximum atomic E-state index is 14.6. The standard InChI is InChI=1S/C23H22ClF5N4OS.C2H4/c1-12(25)8-6-9-13(2)33(31-5)21(23(27,28)29)14(3)20-18(22(35)30-4)19(32-34-20)17-15(24)10-7-11-16(17)26;1-2/h6-12H,5H2,1-4H3,(H,30,35);1-2H2/b8-6-,13-9+,21-14+;. The van der Waals surface area contributed by atoms with Crippen molar-refractivity contribution in [1.82, 2.24) is 15.5 Å². The highest BCUT2D eigenvalue weighted by molar-refractivity contribution is 7.80. The van der Waals surface area contributed by atoms with E-state index >= 15 is 0 Å². The molecule has 1 atom stereocenters. The quantitative estimate of drug-likeness (QED) is 0.0889. The van der Waals surface area contributed by atoms with Crippen molar-refractivity contribution in [2.24, 2.45) is 5.10 Å². The molecule has 0 saturated heterocycles. The van der Waals surface area contributed by atoms with Crippen molar-refractivity contribution in [3.8, 4) is 11.3 Å². The molecule has 1 heterocycles. The van der Waals surface area contributed by atoms with Gasteiger partial charge in [-0.05, 0) is 39.0 Å². The van der Waals surface area contributed by atoms with Gasteiger partial charge >= 0.3 is 6.18 Å². The molecule has 0 aliphatic heterocycles. The summed E-state index contributed by atoms with van der Waals surface area (Å²) in [7, 11) is 1.44. The Bertz CT molecular complexity index is 1200. The summed E-state index contributed by atoms with van der Waals surface area (Å²) in [6, 6.07) is 3.88. The molecule has 0 aliphatic rings. The van der Waals surface area contributed by atoms with Gasteiger partial charge in [0.2, 0.25) is 0 Å². The molecular weight excluding hydrogens is 535 g/mol. The molecule has 0 bridgehead atoms. The van der Waals surface area contributed by atoms with Crippen molar-refractivity contribution in [2.75, 3.05) is 7.05 Å². The number of nitrogens with one attached hydrogen (secondary N) is 1. The number of hydrazone groups is 1. The molecule has 1 N–H and O–H groups in total. The zero-order chi connectivity index (χ0) is 28.5. The Morgan fingerprint density at radius 1 is 1.30 bits per heavy atom. The predicted molar refractivity (Wildman–Crippen MR) is 142 cm³/mol. The molecule has 5 nitrogen and oxygen atoms in total. The highest BCUT2D eigenvalue weighted by Gasteiger charge is 2.42. The predicted octanol–water partition coefficient (Wildman–Crippen LogP) is 7.86. The largest absolute Gasteiger partial charge is 0.433 e. The fourth-order valence-corrected chi connectivity index (χ4v) is 3.59. The van der Waals surface area contributed by atoms with Gasteiger partial charge in [0.1, 0.15) is 22.7 Å². The second-order valence-corrected chi connectivity index (χ2v) is 8.02. The molecule has 2 aromatic rings. The van der Waals surface area contributed by atoms with E-state index in [1.165, 1.54) is 45.2 Å². The first-order valence-corrected chi connectivity index (χ1v) is 11.3. The maximum absolute atomic E-state index is 14.6. The fourth-order valence-electron chi connectivity index (χ4n) is 3.15. The lowest BCUT2D eigenvalue weighted by Crippen LogP contribution is -2.28. The van der Waals surface area contributed by atoms with E-state index in [1.807, 2.05) is 0 Å². The van der Waals surface area contributed by atoms with Crippen LogP contribution in [0.1, 0.15) is 32.1 Å². The third-order valence-corrected chi connectivity index (χ3v) is 5.43. The molecule has 2 rings (SSSR count). The van der Waals surface area contributed by atoms with Crippen LogP contribution in [-0.4, -0.2) is 41.3 Å². The van der Waals surface area contributed by atoms with Crippen LogP contribution in [-0.2, 0) is 0 Å². The highest BCUT2D eigenvalue weighted by atomic mass is 35.5. The first kappa shape index (κ1) is 31.7. The smallest absolute Gasteiger partial charge is 0.379 e. The van der Waals surface area contributed by atoms with E-state index in [0.29, 0.717) is 5.01 Å². The molecule has 0 spiro atoms. The van der Waals surface area contributed by atoms with Crippen LogP contribution >= 0.6 is 23.8 Å². The average Bonchev–Trinajstić information content (AvgIpc) is 3.26. The van der Waals surface area contributed by atoms with Gasteiger partial charge in [0.15, 0.2) is 11.5 Å². The highest BCUT2D eigenvalue weighted by Crippen LogP contribution is 2.41. The van der Waals surface area contributed by atoms with E-state index < -0.39 is 29.4 Å². The van der Waals surface area contributed by atoms with Crippen molar-refractivity contribution in [1.29, 1.82) is 0 Å². The summed E-state index contributed by atoms with van der Waals surface area (Å²) in [5.41, 5.74) is -2.18. The van der Waals surface area contributed by atoms with Crippen LogP contribution in [0.15, 0.2) is 70.6 Å². The SMILES string of the molecule is C=C.C=NN(/C(C)=C/C=C\C(C)F)/C(=C(\C)c1onc(-c2c(F)cccc2Cl)c1C(=S)NC)C(F)(F)F. The fraction of sp³-hybridized carbons (Fsp3) is 0.240. The van der Waals surface area contributed by atoms with Gasteiger partial charge in [-0.1, -0.05) is 47.2 Å². The Morgan fingerprint density at radius 2 is 1.92 bits per heavy atom. The summed E-state index contributed by atoms with van der Waals surface area (Å²) in [6.45, 7) is 13.0. The lowest BCUT2D eigenvalue weighted by molar-refractivity contribution is -0.108. The second kappa shape index (κ2) is 13.8. The Balaban J connectivity index is 0.00000334. The van der Waals surface area contributed by atoms with Gasteiger partial charge in [0, 0.05) is 25.0 Å². The number of alkyl halides is 4. The minimum atomic E-state index is -4.95. The Morgan fingerprint density at radius 3 is 2.41 bits per heavy atom. The second-order valence-electron chi connectivity index (χ2n) is 7.21. The molecule has 200 valence electrons. The van der Waals surface area contributed by atoms with Crippen LogP contribution in [0.5, 0.6) is 0 Å². The van der Waals surface area contributed by atoms with Gasteiger partial charge in [-0.25, -0.2) is 13.8 Å². The Labute approximate surface area is 222 Å². The van der Waals surface area contributed by atoms with Gasteiger partial charge in [-0.2, -0.15) is 18.3 Å². The molecule has 0 fully saturated rings. The minimum absolute atomic E-state index is 0.0156. The molecule has 0 amide bonds. The molecule has 37 heavy (non-hydrogen) atoms. The molecule has 1 aromatic carbocycles. The molecule has 0 aliphatic carbocycles. The van der Waals surface area contributed by atoms with Gasteiger partial charge in [0.05, 0.1) is 16.1 Å². The number of nitrogens with zero attached hydrogens (tertiary/aromatic N) is 3. The van der Waals surface area contributed by atoms with Crippen molar-refractivity contribution in [2.45, 2.75) is 33.1 Å². The summed E-state index contributed by atoms with van der Waals surface area (Å²) in [5.74, 6) is -1.14. The van der Waals surface area contributed by atoms with Crippen molar-refractivity contribution in [3.63, 3.8) is 0 Å². The Hall–Kier alpha value is -3.31. The van der Waals surface area contributed by atoms with Crippen molar-refractivity contribution < 1.29 is 26.5 Å². The van der Waals surface area contributed by atoms with Crippen LogP contribution in [0.25, 0.3) is 16.8 Å². The van der Waals surface area contributed by atoms with E-state index in [9.17, 15) is 22.0 Å². The summed E-state index contributed by atoms with van der Waals surface area (Å²) in [6.07, 6.45) is -2.59. The number of rotatable bonds is 8. The molecule has 1 aromatic heterocycles. The number of hydrogen-bond acceptors (Lipinski definition) is 5. The zero-order valence-electron chi connectivity index (χ0n) is 20.6. The topological polar surface area (TPSA) is 53.7 Å². The number of hydrogen-bond donors (Lipinski definition) is 1. The number of allylic oxidation sites excluding steroid dienone is 6. The zero-order valence-corrected chi connectivity index (χ0v) is 22.2. The lowest BCUT2D eigenvalue weighted by Gasteiger charge is -2.26. The maximum Gasteiger partial charge on any atom is 0.433 e. The lowest BCUT2D eigenvalue weighted by atomic mass is 10.0. The summed E-state index contributed by atoms with van der Waals surface area (Å²) < 4.78 is 75.8. The molecule has 0 radical (unpaired) electrons. The monoisotopic (exact) mass is 560 g/mol. The number of aromatic nitrogens is 1. The molecular formula is C25H26ClF5N4OS. The molecule has 0 saturated carbocycles. The summed E-state index contributed by atoms with van der Waals surface area (Å²) in [4.78, 5) is -0.0540. The van der Waals surface area contributed by atoms with Gasteiger partial charge in [0.25, 0.3) is 0 Å². The number of thiocarbonyl (C=S) groups is 1. The molecule has 1 unspecified atom stereocenters. The van der Waals surface area contributed by atoms with E-state index in [1.54, 1.807) is 0 Å². The van der Waals surface area contributed by atoms with Crippen LogP contribution in [0, 0.1) is 5.82 Å². The summed E-state index contributed by atoms with van der Waals surface area (Å²) >= 11 is 11.4. The van der Waals surface area contributed by atoms with E-state index in [4.69, 9.17) is 28.3 Å². The third-order valence-electron chi connectivity index (χ3n) is 4.71. The number of benzene rings is 1. The average molecular weight is 561 g/mol. The van der Waals surface area contributed by atoms with E-state index in [-0.39, 0.29) is 38.3 Å². The van der Waals surface area contributed by atoms with Crippen LogP contribution in [0.4, 0.5) is 22.0 Å². The third kappa shape index (κ3) is 7.59. The minimum Gasteiger partial charge on any atom is -0.379 e. The first-order valence-electron chi connectivity index (χ1n) is 10.6. The normalized spacial score (nSPS) is 13.4. The van der Waals surface area contributed by atoms with Crippen LogP contribution < -0.4 is 5.32 Å². The molecule has 12 heteroatoms. The van der Waals surface area contributed by atoms with Gasteiger partial charge in [-0.3, -0.25) is 0 Å². The van der Waals surface area contributed by atoms with E-state index in [2.05, 4.69) is 35.5 Å². The number of halogens is 6. The van der Waals surface area contributed by atoms with Crippen LogP contribution in [0.3, 0.4) is 0 Å². The van der Waals surface area contributed by atoms with Crippen molar-refractivity contribution in [3.05, 3.63) is 83.1 Å². The first-order chi connectivity index (χ1) is 17.3. The Kier molecular flexibility index (Phi) is 11.9. The van der Waals surface area contributed by atoms with Crippen molar-refractivity contribution >= 4 is 41.1 Å². The van der Waals surface area contributed by atoms with E-state index in [0.717, 1.165) is 19.1 Å². The van der Waals surface area contributed by atoms with Gasteiger partial charge < -0.3 is 9.84 Å². The summed E-state index contributed by atoms with van der Waals surface area (Å²) in [5, 5.41) is 10.5.